The Morgan fingerprint density at radius 2 is 2.15 bits per heavy atom. The summed E-state index contributed by atoms with van der Waals surface area (Å²) >= 11 is 0. The molecule has 5 nitrogen and oxygen atoms in total. The molecule has 1 aromatic heterocycles. The van der Waals surface area contributed by atoms with E-state index in [1.807, 2.05) is 0 Å². The minimum absolute atomic E-state index is 0.0852. The molecule has 0 saturated heterocycles. The average molecular weight is 269 g/mol. The van der Waals surface area contributed by atoms with Crippen LogP contribution in [-0.2, 0) is 12.8 Å². The molecule has 20 heavy (non-hydrogen) atoms. The fourth-order valence-electron chi connectivity index (χ4n) is 2.43. The van der Waals surface area contributed by atoms with Crippen LogP contribution in [0.4, 0.5) is 5.69 Å². The van der Waals surface area contributed by atoms with E-state index in [2.05, 4.69) is 9.97 Å². The van der Waals surface area contributed by atoms with Crippen LogP contribution in [0.1, 0.15) is 35.0 Å². The molecule has 1 aliphatic carbocycles. The largest absolute Gasteiger partial charge is 0.438 e. The number of Topliss-reactive ketones (excluding diaryl/α,β-unsaturated/α-hetero) is 1. The highest BCUT2D eigenvalue weighted by atomic mass is 16.5. The summed E-state index contributed by atoms with van der Waals surface area (Å²) in [6.07, 6.45) is 4.43. The second kappa shape index (κ2) is 4.92. The van der Waals surface area contributed by atoms with Crippen molar-refractivity contribution in [3.05, 3.63) is 41.3 Å². The van der Waals surface area contributed by atoms with Crippen LogP contribution in [0, 0.1) is 0 Å². The molecule has 0 radical (unpaired) electrons. The van der Waals surface area contributed by atoms with E-state index in [1.165, 1.54) is 13.3 Å². The molecule has 5 heteroatoms. The van der Waals surface area contributed by atoms with E-state index in [0.29, 0.717) is 22.9 Å². The van der Waals surface area contributed by atoms with Crippen LogP contribution in [0.15, 0.2) is 24.5 Å². The summed E-state index contributed by atoms with van der Waals surface area (Å²) in [4.78, 5) is 20.1. The third-order valence-electron chi connectivity index (χ3n) is 3.42. The second-order valence-electron chi connectivity index (χ2n) is 4.87. The van der Waals surface area contributed by atoms with E-state index in [0.717, 1.165) is 30.5 Å². The van der Waals surface area contributed by atoms with Gasteiger partial charge in [-0.25, -0.2) is 9.97 Å². The number of carbonyl (C=O) groups excluding carboxylic acids is 1. The molecule has 3 rings (SSSR count). The van der Waals surface area contributed by atoms with Crippen molar-refractivity contribution in [1.82, 2.24) is 9.97 Å². The molecule has 1 aliphatic rings. The Morgan fingerprint density at radius 1 is 1.30 bits per heavy atom. The molecular weight excluding hydrogens is 254 g/mol. The summed E-state index contributed by atoms with van der Waals surface area (Å²) in [5.74, 6) is 0.942. The van der Waals surface area contributed by atoms with Crippen molar-refractivity contribution in [3.63, 3.8) is 0 Å². The molecule has 0 atom stereocenters. The van der Waals surface area contributed by atoms with Crippen LogP contribution in [0.25, 0.3) is 0 Å². The number of hydrogen-bond donors (Lipinski definition) is 1. The number of rotatable bonds is 3. The molecule has 102 valence electrons. The second-order valence-corrected chi connectivity index (χ2v) is 4.87. The molecule has 2 N–H and O–H groups in total. The number of nitrogen functional groups attached to an aromatic ring is 1. The van der Waals surface area contributed by atoms with Crippen LogP contribution in [0.3, 0.4) is 0 Å². The number of aryl methyl sites for hydroxylation is 1. The molecule has 2 aromatic rings. The number of nitrogens with zero attached hydrogens (tertiary/aromatic N) is 2. The first-order valence-electron chi connectivity index (χ1n) is 6.56. The molecule has 0 fully saturated rings. The van der Waals surface area contributed by atoms with E-state index in [9.17, 15) is 4.79 Å². The minimum atomic E-state index is -0.0852. The highest BCUT2D eigenvalue weighted by Gasteiger charge is 2.20. The van der Waals surface area contributed by atoms with Crippen LogP contribution in [0.5, 0.6) is 11.6 Å². The Bertz CT molecular complexity index is 683. The van der Waals surface area contributed by atoms with Crippen molar-refractivity contribution in [2.45, 2.75) is 26.2 Å². The fourth-order valence-corrected chi connectivity index (χ4v) is 2.43. The average Bonchev–Trinajstić information content (AvgIpc) is 2.90. The fraction of sp³-hybridized carbons (Fsp3) is 0.267. The Morgan fingerprint density at radius 3 is 2.95 bits per heavy atom. The zero-order valence-corrected chi connectivity index (χ0v) is 11.2. The number of anilines is 1. The van der Waals surface area contributed by atoms with Crippen molar-refractivity contribution in [2.24, 2.45) is 0 Å². The summed E-state index contributed by atoms with van der Waals surface area (Å²) < 4.78 is 5.84. The Hall–Kier alpha value is -2.43. The maximum Gasteiger partial charge on any atom is 0.225 e. The van der Waals surface area contributed by atoms with Crippen molar-refractivity contribution < 1.29 is 9.53 Å². The first-order valence-corrected chi connectivity index (χ1v) is 6.56. The van der Waals surface area contributed by atoms with Gasteiger partial charge >= 0.3 is 0 Å². The zero-order chi connectivity index (χ0) is 14.1. The highest BCUT2D eigenvalue weighted by Crippen LogP contribution is 2.32. The number of hydrogen-bond acceptors (Lipinski definition) is 5. The number of ketones is 1. The number of fused-ring (bicyclic) bond motifs is 1. The van der Waals surface area contributed by atoms with Gasteiger partial charge in [0.05, 0.1) is 11.3 Å². The SMILES string of the molecule is CC(=O)c1cc(N)ccc1Oc1ncnc2c1CCC2. The lowest BCUT2D eigenvalue weighted by atomic mass is 10.1. The maximum atomic E-state index is 11.7. The lowest BCUT2D eigenvalue weighted by Crippen LogP contribution is -2.02. The Kier molecular flexibility index (Phi) is 3.10. The zero-order valence-electron chi connectivity index (χ0n) is 11.2. The van der Waals surface area contributed by atoms with Gasteiger partial charge in [-0.1, -0.05) is 0 Å². The van der Waals surface area contributed by atoms with E-state index in [-0.39, 0.29) is 5.78 Å². The van der Waals surface area contributed by atoms with Gasteiger partial charge in [0, 0.05) is 11.3 Å². The van der Waals surface area contributed by atoms with E-state index >= 15 is 0 Å². The molecule has 1 heterocycles. The third kappa shape index (κ3) is 2.22. The molecule has 1 aromatic carbocycles. The van der Waals surface area contributed by atoms with Crippen LogP contribution in [0.2, 0.25) is 0 Å². The van der Waals surface area contributed by atoms with Gasteiger partial charge in [0.15, 0.2) is 5.78 Å². The molecular formula is C15H15N3O2. The van der Waals surface area contributed by atoms with Gasteiger partial charge in [0.25, 0.3) is 0 Å². The molecule has 0 amide bonds. The van der Waals surface area contributed by atoms with Gasteiger partial charge in [-0.05, 0) is 44.4 Å². The summed E-state index contributed by atoms with van der Waals surface area (Å²) in [6, 6.07) is 5.04. The number of benzene rings is 1. The third-order valence-corrected chi connectivity index (χ3v) is 3.42. The summed E-state index contributed by atoms with van der Waals surface area (Å²) in [5, 5.41) is 0. The molecule has 0 saturated carbocycles. The normalized spacial score (nSPS) is 13.1. The van der Waals surface area contributed by atoms with Gasteiger partial charge in [-0.2, -0.15) is 0 Å². The van der Waals surface area contributed by atoms with Crippen molar-refractivity contribution in [2.75, 3.05) is 5.73 Å². The van der Waals surface area contributed by atoms with Gasteiger partial charge in [0.1, 0.15) is 12.1 Å². The lowest BCUT2D eigenvalue weighted by molar-refractivity contribution is 0.101. The van der Waals surface area contributed by atoms with E-state index < -0.39 is 0 Å². The maximum absolute atomic E-state index is 11.7. The van der Waals surface area contributed by atoms with Crippen LogP contribution >= 0.6 is 0 Å². The molecule has 0 aliphatic heterocycles. The van der Waals surface area contributed by atoms with Gasteiger partial charge in [-0.15, -0.1) is 0 Å². The monoisotopic (exact) mass is 269 g/mol. The van der Waals surface area contributed by atoms with Gasteiger partial charge in [0.2, 0.25) is 5.88 Å². The van der Waals surface area contributed by atoms with E-state index in [1.54, 1.807) is 18.2 Å². The Balaban J connectivity index is 2.00. The number of carbonyl (C=O) groups is 1. The summed E-state index contributed by atoms with van der Waals surface area (Å²) in [7, 11) is 0. The van der Waals surface area contributed by atoms with Gasteiger partial charge in [-0.3, -0.25) is 4.79 Å². The van der Waals surface area contributed by atoms with Crippen molar-refractivity contribution in [3.8, 4) is 11.6 Å². The van der Waals surface area contributed by atoms with Crippen molar-refractivity contribution >= 4 is 11.5 Å². The predicted octanol–water partition coefficient (Wildman–Crippen LogP) is 2.54. The van der Waals surface area contributed by atoms with E-state index in [4.69, 9.17) is 10.5 Å². The summed E-state index contributed by atoms with van der Waals surface area (Å²) in [6.45, 7) is 1.49. The number of ether oxygens (including phenoxy) is 1. The highest BCUT2D eigenvalue weighted by molar-refractivity contribution is 5.97. The predicted molar refractivity (Wildman–Crippen MR) is 75.0 cm³/mol. The number of aromatic nitrogens is 2. The number of nitrogens with two attached hydrogens (primary N) is 1. The van der Waals surface area contributed by atoms with Crippen LogP contribution in [-0.4, -0.2) is 15.8 Å². The summed E-state index contributed by atoms with van der Waals surface area (Å²) in [5.41, 5.74) is 8.80. The van der Waals surface area contributed by atoms with Gasteiger partial charge < -0.3 is 10.5 Å². The van der Waals surface area contributed by atoms with Crippen LogP contribution < -0.4 is 10.5 Å². The van der Waals surface area contributed by atoms with Crippen molar-refractivity contribution in [1.29, 1.82) is 0 Å². The molecule has 0 spiro atoms. The first kappa shape index (κ1) is 12.6. The topological polar surface area (TPSA) is 78.1 Å². The lowest BCUT2D eigenvalue weighted by Gasteiger charge is -2.11. The minimum Gasteiger partial charge on any atom is -0.438 e. The molecule has 0 bridgehead atoms. The smallest absolute Gasteiger partial charge is 0.225 e. The standard InChI is InChI=1S/C15H15N3O2/c1-9(19)12-7-10(16)5-6-14(12)20-15-11-3-2-4-13(11)17-8-18-15/h5-8H,2-4,16H2,1H3. The first-order chi connectivity index (χ1) is 9.65. The Labute approximate surface area is 116 Å². The molecule has 0 unspecified atom stereocenters. The quantitative estimate of drug-likeness (QED) is 0.684.